The van der Waals surface area contributed by atoms with Gasteiger partial charge in [0.05, 0.1) is 11.9 Å². The summed E-state index contributed by atoms with van der Waals surface area (Å²) in [5.74, 6) is 0.318. The molecule has 3 rings (SSSR count). The molecule has 25 heavy (non-hydrogen) atoms. The SMILES string of the molecule is CCN(C(=O)c1cc(C)nc(-c2ccc(Cl)cc2)n1)c1cccnc1. The van der Waals surface area contributed by atoms with Crippen molar-refractivity contribution in [2.75, 3.05) is 11.4 Å². The average molecular weight is 353 g/mol. The molecule has 0 saturated carbocycles. The van der Waals surface area contributed by atoms with Crippen molar-refractivity contribution in [2.24, 2.45) is 0 Å². The number of hydrogen-bond acceptors (Lipinski definition) is 4. The number of rotatable bonds is 4. The number of carbonyl (C=O) groups excluding carboxylic acids is 1. The monoisotopic (exact) mass is 352 g/mol. The number of carbonyl (C=O) groups is 1. The van der Waals surface area contributed by atoms with E-state index in [9.17, 15) is 4.79 Å². The molecule has 0 radical (unpaired) electrons. The number of aromatic nitrogens is 3. The fraction of sp³-hybridized carbons (Fsp3) is 0.158. The smallest absolute Gasteiger partial charge is 0.277 e. The summed E-state index contributed by atoms with van der Waals surface area (Å²) >= 11 is 5.93. The molecule has 0 bridgehead atoms. The summed E-state index contributed by atoms with van der Waals surface area (Å²) in [7, 11) is 0. The highest BCUT2D eigenvalue weighted by molar-refractivity contribution is 6.30. The molecule has 6 heteroatoms. The highest BCUT2D eigenvalue weighted by atomic mass is 35.5. The van der Waals surface area contributed by atoms with Gasteiger partial charge in [-0.15, -0.1) is 0 Å². The van der Waals surface area contributed by atoms with Gasteiger partial charge in [0.1, 0.15) is 5.69 Å². The van der Waals surface area contributed by atoms with Gasteiger partial charge in [0.2, 0.25) is 0 Å². The lowest BCUT2D eigenvalue weighted by Gasteiger charge is -2.20. The Bertz CT molecular complexity index is 882. The second-order valence-corrected chi connectivity index (χ2v) is 5.92. The largest absolute Gasteiger partial charge is 0.306 e. The zero-order valence-corrected chi connectivity index (χ0v) is 14.7. The predicted molar refractivity (Wildman–Crippen MR) is 98.8 cm³/mol. The molecule has 2 heterocycles. The van der Waals surface area contributed by atoms with Crippen LogP contribution in [0.2, 0.25) is 5.02 Å². The number of hydrogen-bond donors (Lipinski definition) is 0. The van der Waals surface area contributed by atoms with Crippen LogP contribution < -0.4 is 4.90 Å². The van der Waals surface area contributed by atoms with Gasteiger partial charge < -0.3 is 4.90 Å². The van der Waals surface area contributed by atoms with Gasteiger partial charge >= 0.3 is 0 Å². The highest BCUT2D eigenvalue weighted by Gasteiger charge is 2.19. The van der Waals surface area contributed by atoms with E-state index in [-0.39, 0.29) is 5.91 Å². The molecule has 5 nitrogen and oxygen atoms in total. The standard InChI is InChI=1S/C19H17ClN4O/c1-3-24(16-5-4-10-21-12-16)19(25)17-11-13(2)22-18(23-17)14-6-8-15(20)9-7-14/h4-12H,3H2,1-2H3. The molecule has 3 aromatic rings. The molecule has 0 aliphatic rings. The second kappa shape index (κ2) is 7.40. The maximum absolute atomic E-state index is 13.0. The van der Waals surface area contributed by atoms with Crippen molar-refractivity contribution in [3.8, 4) is 11.4 Å². The van der Waals surface area contributed by atoms with Gasteiger partial charge in [-0.3, -0.25) is 9.78 Å². The molecular formula is C19H17ClN4O. The molecule has 0 saturated heterocycles. The first-order valence-corrected chi connectivity index (χ1v) is 8.30. The summed E-state index contributed by atoms with van der Waals surface area (Å²) < 4.78 is 0. The van der Waals surface area contributed by atoms with Gasteiger partial charge in [0.25, 0.3) is 5.91 Å². The summed E-state index contributed by atoms with van der Waals surface area (Å²) in [6.07, 6.45) is 3.34. The van der Waals surface area contributed by atoms with Crippen molar-refractivity contribution >= 4 is 23.2 Å². The van der Waals surface area contributed by atoms with Crippen LogP contribution in [-0.2, 0) is 0 Å². The summed E-state index contributed by atoms with van der Waals surface area (Å²) in [5, 5.41) is 0.640. The van der Waals surface area contributed by atoms with Crippen molar-refractivity contribution in [3.05, 3.63) is 71.3 Å². The Hall–Kier alpha value is -2.79. The number of anilines is 1. The molecule has 1 aromatic carbocycles. The molecule has 1 amide bonds. The topological polar surface area (TPSA) is 59.0 Å². The van der Waals surface area contributed by atoms with Gasteiger partial charge in [-0.25, -0.2) is 9.97 Å². The van der Waals surface area contributed by atoms with Gasteiger partial charge in [-0.1, -0.05) is 11.6 Å². The fourth-order valence-electron chi connectivity index (χ4n) is 2.50. The molecule has 0 fully saturated rings. The Balaban J connectivity index is 1.99. The second-order valence-electron chi connectivity index (χ2n) is 5.49. The molecule has 0 aliphatic heterocycles. The Morgan fingerprint density at radius 3 is 2.56 bits per heavy atom. The van der Waals surface area contributed by atoms with Gasteiger partial charge in [-0.2, -0.15) is 0 Å². The van der Waals surface area contributed by atoms with Crippen LogP contribution in [-0.4, -0.2) is 27.4 Å². The lowest BCUT2D eigenvalue weighted by Crippen LogP contribution is -2.31. The first kappa shape index (κ1) is 17.0. The average Bonchev–Trinajstić information content (AvgIpc) is 2.63. The zero-order valence-electron chi connectivity index (χ0n) is 14.0. The fourth-order valence-corrected chi connectivity index (χ4v) is 2.63. The lowest BCUT2D eigenvalue weighted by atomic mass is 10.2. The van der Waals surface area contributed by atoms with E-state index in [1.165, 1.54) is 0 Å². The lowest BCUT2D eigenvalue weighted by molar-refractivity contribution is 0.0983. The molecule has 0 aliphatic carbocycles. The molecule has 0 N–H and O–H groups in total. The van der Waals surface area contributed by atoms with Crippen LogP contribution in [0.1, 0.15) is 23.1 Å². The van der Waals surface area contributed by atoms with E-state index in [2.05, 4.69) is 15.0 Å². The molecule has 126 valence electrons. The summed E-state index contributed by atoms with van der Waals surface area (Å²) in [4.78, 5) is 27.6. The third kappa shape index (κ3) is 3.83. The maximum atomic E-state index is 13.0. The number of aryl methyl sites for hydroxylation is 1. The molecule has 0 atom stereocenters. The third-order valence-electron chi connectivity index (χ3n) is 3.69. The Kier molecular flexibility index (Phi) is 5.05. The Labute approximate surface area is 151 Å². The number of benzene rings is 1. The van der Waals surface area contributed by atoms with Crippen LogP contribution in [0.25, 0.3) is 11.4 Å². The van der Waals surface area contributed by atoms with Crippen LogP contribution in [0.3, 0.4) is 0 Å². The van der Waals surface area contributed by atoms with Gasteiger partial charge in [0, 0.05) is 29.0 Å². The summed E-state index contributed by atoms with van der Waals surface area (Å²) in [6.45, 7) is 4.28. The van der Waals surface area contributed by atoms with Gasteiger partial charge in [0.15, 0.2) is 5.82 Å². The normalized spacial score (nSPS) is 10.5. The van der Waals surface area contributed by atoms with Crippen LogP contribution >= 0.6 is 11.6 Å². The molecule has 0 spiro atoms. The minimum Gasteiger partial charge on any atom is -0.306 e. The van der Waals surface area contributed by atoms with Crippen molar-refractivity contribution in [2.45, 2.75) is 13.8 Å². The van der Waals surface area contributed by atoms with E-state index in [0.717, 1.165) is 16.9 Å². The van der Waals surface area contributed by atoms with Crippen molar-refractivity contribution in [1.82, 2.24) is 15.0 Å². The number of nitrogens with zero attached hydrogens (tertiary/aromatic N) is 4. The molecular weight excluding hydrogens is 336 g/mol. The molecule has 0 unspecified atom stereocenters. The van der Waals surface area contributed by atoms with Crippen molar-refractivity contribution in [3.63, 3.8) is 0 Å². The Morgan fingerprint density at radius 2 is 1.92 bits per heavy atom. The van der Waals surface area contributed by atoms with E-state index in [0.29, 0.717) is 23.1 Å². The Morgan fingerprint density at radius 1 is 1.16 bits per heavy atom. The van der Waals surface area contributed by atoms with E-state index in [4.69, 9.17) is 11.6 Å². The molecule has 2 aromatic heterocycles. The van der Waals surface area contributed by atoms with Crippen LogP contribution in [0.4, 0.5) is 5.69 Å². The van der Waals surface area contributed by atoms with E-state index >= 15 is 0 Å². The van der Waals surface area contributed by atoms with Crippen LogP contribution in [0.15, 0.2) is 54.9 Å². The van der Waals surface area contributed by atoms with Crippen molar-refractivity contribution in [1.29, 1.82) is 0 Å². The highest BCUT2D eigenvalue weighted by Crippen LogP contribution is 2.20. The maximum Gasteiger partial charge on any atom is 0.277 e. The number of pyridine rings is 1. The van der Waals surface area contributed by atoms with Crippen LogP contribution in [0, 0.1) is 6.92 Å². The predicted octanol–water partition coefficient (Wildman–Crippen LogP) is 4.17. The summed E-state index contributed by atoms with van der Waals surface area (Å²) in [5.41, 5.74) is 2.62. The van der Waals surface area contributed by atoms with E-state index in [1.807, 2.05) is 32.0 Å². The quantitative estimate of drug-likeness (QED) is 0.707. The van der Waals surface area contributed by atoms with Crippen LogP contribution in [0.5, 0.6) is 0 Å². The minimum atomic E-state index is -0.184. The zero-order chi connectivity index (χ0) is 17.8. The number of amides is 1. The van der Waals surface area contributed by atoms with E-state index in [1.54, 1.807) is 41.6 Å². The number of halogens is 1. The third-order valence-corrected chi connectivity index (χ3v) is 3.95. The summed E-state index contributed by atoms with van der Waals surface area (Å²) in [6, 6.07) is 12.6. The van der Waals surface area contributed by atoms with Crippen molar-refractivity contribution < 1.29 is 4.79 Å². The first-order valence-electron chi connectivity index (χ1n) is 7.92. The first-order chi connectivity index (χ1) is 12.1. The van der Waals surface area contributed by atoms with Gasteiger partial charge in [-0.05, 0) is 56.3 Å². The van der Waals surface area contributed by atoms with E-state index < -0.39 is 0 Å². The minimum absolute atomic E-state index is 0.184.